The van der Waals surface area contributed by atoms with E-state index in [0.717, 1.165) is 23.9 Å². The van der Waals surface area contributed by atoms with E-state index in [1.54, 1.807) is 18.0 Å². The molecule has 8 heteroatoms. The van der Waals surface area contributed by atoms with Gasteiger partial charge in [-0.3, -0.25) is 4.79 Å². The van der Waals surface area contributed by atoms with Gasteiger partial charge in [0.1, 0.15) is 11.4 Å². The van der Waals surface area contributed by atoms with Gasteiger partial charge in [-0.15, -0.1) is 13.2 Å². The second-order valence-corrected chi connectivity index (χ2v) is 7.23. The van der Waals surface area contributed by atoms with Crippen molar-refractivity contribution >= 4 is 16.9 Å². The van der Waals surface area contributed by atoms with Crippen molar-refractivity contribution in [2.75, 3.05) is 13.1 Å². The number of aromatic amines is 1. The predicted octanol–water partition coefficient (Wildman–Crippen LogP) is 4.79. The van der Waals surface area contributed by atoms with Gasteiger partial charge in [-0.05, 0) is 67.1 Å². The molecule has 2 aromatic heterocycles. The molecule has 3 aromatic rings. The maximum atomic E-state index is 12.9. The molecular formula is C21H20F3N3O2. The zero-order chi connectivity index (χ0) is 20.6. The van der Waals surface area contributed by atoms with Crippen LogP contribution in [-0.4, -0.2) is 40.2 Å². The van der Waals surface area contributed by atoms with Gasteiger partial charge in [-0.1, -0.05) is 0 Å². The maximum Gasteiger partial charge on any atom is 0.573 e. The molecule has 152 valence electrons. The minimum absolute atomic E-state index is 0.167. The SMILES string of the molecule is Cc1cc(OC(F)(F)F)ccc1C(=O)N1CCC(c2c[nH]c3ncccc23)CC1. The zero-order valence-electron chi connectivity index (χ0n) is 15.8. The van der Waals surface area contributed by atoms with E-state index in [4.69, 9.17) is 0 Å². The van der Waals surface area contributed by atoms with E-state index in [0.29, 0.717) is 30.1 Å². The second-order valence-electron chi connectivity index (χ2n) is 7.23. The average molecular weight is 403 g/mol. The summed E-state index contributed by atoms with van der Waals surface area (Å²) in [7, 11) is 0. The number of nitrogens with one attached hydrogen (secondary N) is 1. The van der Waals surface area contributed by atoms with E-state index < -0.39 is 6.36 Å². The van der Waals surface area contributed by atoms with Gasteiger partial charge in [0.05, 0.1) is 0 Å². The summed E-state index contributed by atoms with van der Waals surface area (Å²) < 4.78 is 41.0. The van der Waals surface area contributed by atoms with Gasteiger partial charge >= 0.3 is 6.36 Å². The minimum Gasteiger partial charge on any atom is -0.406 e. The Bertz CT molecular complexity index is 1040. The van der Waals surface area contributed by atoms with Crippen LogP contribution < -0.4 is 4.74 Å². The first kappa shape index (κ1) is 19.3. The van der Waals surface area contributed by atoms with Gasteiger partial charge in [0, 0.05) is 36.4 Å². The molecule has 3 heterocycles. The molecule has 4 rings (SSSR count). The summed E-state index contributed by atoms with van der Waals surface area (Å²) >= 11 is 0. The lowest BCUT2D eigenvalue weighted by atomic mass is 9.89. The van der Waals surface area contributed by atoms with Crippen molar-refractivity contribution in [3.63, 3.8) is 0 Å². The minimum atomic E-state index is -4.75. The molecule has 0 spiro atoms. The van der Waals surface area contributed by atoms with Gasteiger partial charge in [0.2, 0.25) is 0 Å². The van der Waals surface area contributed by atoms with Crippen LogP contribution in [0.3, 0.4) is 0 Å². The maximum absolute atomic E-state index is 12.9. The van der Waals surface area contributed by atoms with Crippen LogP contribution in [0.15, 0.2) is 42.7 Å². The van der Waals surface area contributed by atoms with Gasteiger partial charge in [-0.25, -0.2) is 4.98 Å². The molecule has 0 atom stereocenters. The summed E-state index contributed by atoms with van der Waals surface area (Å²) in [4.78, 5) is 22.1. The summed E-state index contributed by atoms with van der Waals surface area (Å²) in [6, 6.07) is 7.77. The van der Waals surface area contributed by atoms with Crippen LogP contribution in [0.25, 0.3) is 11.0 Å². The Morgan fingerprint density at radius 3 is 2.69 bits per heavy atom. The monoisotopic (exact) mass is 403 g/mol. The molecule has 0 bridgehead atoms. The van der Waals surface area contributed by atoms with Crippen molar-refractivity contribution in [2.45, 2.75) is 32.0 Å². The van der Waals surface area contributed by atoms with E-state index in [1.165, 1.54) is 23.8 Å². The fraction of sp³-hybridized carbons (Fsp3) is 0.333. The smallest absolute Gasteiger partial charge is 0.406 e. The van der Waals surface area contributed by atoms with E-state index in [9.17, 15) is 18.0 Å². The lowest BCUT2D eigenvalue weighted by Crippen LogP contribution is -2.38. The van der Waals surface area contributed by atoms with Crippen molar-refractivity contribution in [1.29, 1.82) is 0 Å². The molecule has 0 aliphatic carbocycles. The van der Waals surface area contributed by atoms with Crippen LogP contribution in [0.1, 0.15) is 40.2 Å². The van der Waals surface area contributed by atoms with Crippen LogP contribution in [0.5, 0.6) is 5.75 Å². The Labute approximate surface area is 165 Å². The fourth-order valence-electron chi connectivity index (χ4n) is 3.95. The third-order valence-electron chi connectivity index (χ3n) is 5.37. The molecule has 1 saturated heterocycles. The number of aromatic nitrogens is 2. The fourth-order valence-corrected chi connectivity index (χ4v) is 3.95. The third-order valence-corrected chi connectivity index (χ3v) is 5.37. The molecule has 29 heavy (non-hydrogen) atoms. The number of fused-ring (bicyclic) bond motifs is 1. The number of alkyl halides is 3. The van der Waals surface area contributed by atoms with Crippen LogP contribution in [0, 0.1) is 6.92 Å². The van der Waals surface area contributed by atoms with Crippen LogP contribution in [0.2, 0.25) is 0 Å². The van der Waals surface area contributed by atoms with Crippen LogP contribution in [0.4, 0.5) is 13.2 Å². The topological polar surface area (TPSA) is 58.2 Å². The molecule has 0 saturated carbocycles. The summed E-state index contributed by atoms with van der Waals surface area (Å²) in [5, 5.41) is 1.10. The predicted molar refractivity (Wildman–Crippen MR) is 102 cm³/mol. The normalized spacial score (nSPS) is 15.7. The number of ether oxygens (including phenoxy) is 1. The first-order valence-corrected chi connectivity index (χ1v) is 9.39. The highest BCUT2D eigenvalue weighted by atomic mass is 19.4. The Kier molecular flexibility index (Phi) is 4.94. The molecule has 5 nitrogen and oxygen atoms in total. The number of aryl methyl sites for hydroxylation is 1. The van der Waals surface area contributed by atoms with E-state index in [1.807, 2.05) is 18.3 Å². The van der Waals surface area contributed by atoms with Gasteiger partial charge in [0.25, 0.3) is 5.91 Å². The number of carbonyl (C=O) groups excluding carboxylic acids is 1. The van der Waals surface area contributed by atoms with Crippen molar-refractivity contribution in [1.82, 2.24) is 14.9 Å². The number of carbonyl (C=O) groups is 1. The van der Waals surface area contributed by atoms with Crippen molar-refractivity contribution in [2.24, 2.45) is 0 Å². The zero-order valence-corrected chi connectivity index (χ0v) is 15.8. The number of nitrogens with zero attached hydrogens (tertiary/aromatic N) is 2. The highest BCUT2D eigenvalue weighted by molar-refractivity contribution is 5.96. The molecule has 1 amide bonds. The first-order chi connectivity index (χ1) is 13.8. The molecule has 1 aliphatic rings. The summed E-state index contributed by atoms with van der Waals surface area (Å²) in [6.07, 6.45) is 0.627. The number of amides is 1. The van der Waals surface area contributed by atoms with Crippen molar-refractivity contribution in [3.8, 4) is 5.75 Å². The van der Waals surface area contributed by atoms with E-state index >= 15 is 0 Å². The molecule has 0 unspecified atom stereocenters. The van der Waals surface area contributed by atoms with Crippen LogP contribution >= 0.6 is 0 Å². The number of piperidine rings is 1. The highest BCUT2D eigenvalue weighted by Crippen LogP contribution is 2.33. The number of rotatable bonds is 3. The average Bonchev–Trinajstić information content (AvgIpc) is 3.11. The number of halogens is 3. The number of pyridine rings is 1. The largest absolute Gasteiger partial charge is 0.573 e. The highest BCUT2D eigenvalue weighted by Gasteiger charge is 2.32. The second kappa shape index (κ2) is 7.42. The Balaban J connectivity index is 1.44. The molecule has 1 N–H and O–H groups in total. The number of H-pyrrole nitrogens is 1. The van der Waals surface area contributed by atoms with Gasteiger partial charge in [-0.2, -0.15) is 0 Å². The number of hydrogen-bond acceptors (Lipinski definition) is 3. The third kappa shape index (κ3) is 4.06. The number of benzene rings is 1. The Morgan fingerprint density at radius 2 is 2.00 bits per heavy atom. The molecule has 0 radical (unpaired) electrons. The van der Waals surface area contributed by atoms with E-state index in [2.05, 4.69) is 14.7 Å². The van der Waals surface area contributed by atoms with Crippen molar-refractivity contribution < 1.29 is 22.7 Å². The molecule has 1 aromatic carbocycles. The van der Waals surface area contributed by atoms with Crippen molar-refractivity contribution in [3.05, 3.63) is 59.4 Å². The van der Waals surface area contributed by atoms with Gasteiger partial charge in [0.15, 0.2) is 0 Å². The summed E-state index contributed by atoms with van der Waals surface area (Å²) in [5.74, 6) is -0.154. The van der Waals surface area contributed by atoms with Gasteiger partial charge < -0.3 is 14.6 Å². The Morgan fingerprint density at radius 1 is 1.24 bits per heavy atom. The molecule has 1 fully saturated rings. The Hall–Kier alpha value is -3.03. The van der Waals surface area contributed by atoms with Crippen LogP contribution in [-0.2, 0) is 0 Å². The van der Waals surface area contributed by atoms with E-state index in [-0.39, 0.29) is 11.7 Å². The lowest BCUT2D eigenvalue weighted by molar-refractivity contribution is -0.274. The number of likely N-dealkylation sites (tertiary alicyclic amines) is 1. The quantitative estimate of drug-likeness (QED) is 0.684. The summed E-state index contributed by atoms with van der Waals surface area (Å²) in [5.41, 5.74) is 2.93. The molecular weight excluding hydrogens is 383 g/mol. The molecule has 1 aliphatic heterocycles. The lowest BCUT2D eigenvalue weighted by Gasteiger charge is -2.32. The number of hydrogen-bond donors (Lipinski definition) is 1. The summed E-state index contributed by atoms with van der Waals surface area (Å²) in [6.45, 7) is 2.80. The standard InChI is InChI=1S/C21H20F3N3O2/c1-13-11-15(29-21(22,23)24)4-5-16(13)20(28)27-9-6-14(7-10-27)18-12-26-19-17(18)3-2-8-25-19/h2-5,8,11-12,14H,6-7,9-10H2,1H3,(H,25,26). The first-order valence-electron chi connectivity index (χ1n) is 9.39.